The van der Waals surface area contributed by atoms with Crippen LogP contribution < -0.4 is 11.5 Å². The molecule has 4 nitrogen and oxygen atoms in total. The number of nitrogens with two attached hydrogens (primary N) is 2. The van der Waals surface area contributed by atoms with Crippen LogP contribution in [0.3, 0.4) is 0 Å². The Morgan fingerprint density at radius 3 is 2.38 bits per heavy atom. The van der Waals surface area contributed by atoms with Crippen molar-refractivity contribution in [2.45, 2.75) is 6.54 Å². The van der Waals surface area contributed by atoms with Crippen LogP contribution in [0.2, 0.25) is 10.0 Å². The molecule has 0 fully saturated rings. The van der Waals surface area contributed by atoms with Crippen LogP contribution in [0.1, 0.15) is 15.9 Å². The summed E-state index contributed by atoms with van der Waals surface area (Å²) in [4.78, 5) is 13.9. The van der Waals surface area contributed by atoms with E-state index in [9.17, 15) is 4.79 Å². The molecule has 0 unspecified atom stereocenters. The highest BCUT2D eigenvalue weighted by Gasteiger charge is 2.15. The zero-order valence-electron chi connectivity index (χ0n) is 11.4. The second kappa shape index (κ2) is 6.24. The number of halogens is 2. The predicted molar refractivity (Wildman–Crippen MR) is 87.5 cm³/mol. The maximum Gasteiger partial charge on any atom is 0.254 e. The van der Waals surface area contributed by atoms with Crippen molar-refractivity contribution in [1.82, 2.24) is 4.90 Å². The van der Waals surface area contributed by atoms with Gasteiger partial charge in [0.15, 0.2) is 0 Å². The minimum absolute atomic E-state index is 0.190. The molecule has 0 atom stereocenters. The first-order chi connectivity index (χ1) is 9.88. The molecule has 2 aromatic rings. The fraction of sp³-hybridized carbons (Fsp3) is 0.133. The number of amides is 1. The van der Waals surface area contributed by atoms with E-state index in [1.807, 2.05) is 6.07 Å². The zero-order chi connectivity index (χ0) is 15.6. The Hall–Kier alpha value is -1.91. The molecule has 6 heteroatoms. The predicted octanol–water partition coefficient (Wildman–Crippen LogP) is 3.43. The summed E-state index contributed by atoms with van der Waals surface area (Å²) in [5, 5.41) is 0.911. The van der Waals surface area contributed by atoms with Gasteiger partial charge in [0.25, 0.3) is 5.91 Å². The molecule has 1 amide bonds. The van der Waals surface area contributed by atoms with Crippen molar-refractivity contribution in [2.75, 3.05) is 18.5 Å². The van der Waals surface area contributed by atoms with Gasteiger partial charge in [-0.25, -0.2) is 0 Å². The molecule has 0 heterocycles. The van der Waals surface area contributed by atoms with Gasteiger partial charge >= 0.3 is 0 Å². The topological polar surface area (TPSA) is 72.3 Å². The number of anilines is 2. The third-order valence-electron chi connectivity index (χ3n) is 3.01. The fourth-order valence-electron chi connectivity index (χ4n) is 2.02. The van der Waals surface area contributed by atoms with Crippen molar-refractivity contribution in [3.63, 3.8) is 0 Å². The monoisotopic (exact) mass is 323 g/mol. The molecule has 2 rings (SSSR count). The molecule has 0 saturated heterocycles. The molecule has 0 aromatic heterocycles. The molecule has 0 bridgehead atoms. The molecule has 2 aromatic carbocycles. The Balaban J connectivity index is 2.21. The number of benzene rings is 2. The van der Waals surface area contributed by atoms with E-state index in [2.05, 4.69) is 0 Å². The van der Waals surface area contributed by atoms with Crippen LogP contribution >= 0.6 is 23.2 Å². The SMILES string of the molecule is CN(Cc1cccc(Cl)c1Cl)C(=O)c1cc(N)cc(N)c1. The molecule has 4 N–H and O–H groups in total. The third kappa shape index (κ3) is 3.60. The van der Waals surface area contributed by atoms with Gasteiger partial charge in [-0.1, -0.05) is 35.3 Å². The zero-order valence-corrected chi connectivity index (χ0v) is 12.9. The molecule has 0 aliphatic rings. The lowest BCUT2D eigenvalue weighted by molar-refractivity contribution is 0.0785. The number of rotatable bonds is 3. The number of nitrogens with zero attached hydrogens (tertiary/aromatic N) is 1. The van der Waals surface area contributed by atoms with Gasteiger partial charge in [0, 0.05) is 30.5 Å². The summed E-state index contributed by atoms with van der Waals surface area (Å²) in [6.45, 7) is 0.340. The number of carbonyl (C=O) groups is 1. The Kier molecular flexibility index (Phi) is 4.60. The van der Waals surface area contributed by atoms with E-state index in [0.29, 0.717) is 33.5 Å². The smallest absolute Gasteiger partial charge is 0.254 e. The molecule has 0 aliphatic carbocycles. The van der Waals surface area contributed by atoms with Crippen LogP contribution in [0.5, 0.6) is 0 Å². The summed E-state index contributed by atoms with van der Waals surface area (Å²) in [5.41, 5.74) is 13.5. The summed E-state index contributed by atoms with van der Waals surface area (Å²) in [6.07, 6.45) is 0. The highest BCUT2D eigenvalue weighted by atomic mass is 35.5. The molecular weight excluding hydrogens is 309 g/mol. The van der Waals surface area contributed by atoms with Gasteiger partial charge in [-0.3, -0.25) is 4.79 Å². The standard InChI is InChI=1S/C15H15Cl2N3O/c1-20(8-9-3-2-4-13(16)14(9)17)15(21)10-5-11(18)7-12(19)6-10/h2-7H,8,18-19H2,1H3. The lowest BCUT2D eigenvalue weighted by Gasteiger charge is -2.19. The average molecular weight is 324 g/mol. The fourth-order valence-corrected chi connectivity index (χ4v) is 2.40. The van der Waals surface area contributed by atoms with Crippen molar-refractivity contribution in [3.05, 3.63) is 57.6 Å². The van der Waals surface area contributed by atoms with Crippen molar-refractivity contribution < 1.29 is 4.79 Å². The number of nitrogen functional groups attached to an aromatic ring is 2. The largest absolute Gasteiger partial charge is 0.399 e. The van der Waals surface area contributed by atoms with Crippen molar-refractivity contribution >= 4 is 40.5 Å². The average Bonchev–Trinajstić information content (AvgIpc) is 2.42. The minimum Gasteiger partial charge on any atom is -0.399 e. The quantitative estimate of drug-likeness (QED) is 0.850. The highest BCUT2D eigenvalue weighted by molar-refractivity contribution is 6.42. The Bertz CT molecular complexity index is 668. The van der Waals surface area contributed by atoms with Crippen molar-refractivity contribution in [2.24, 2.45) is 0 Å². The van der Waals surface area contributed by atoms with Crippen LogP contribution in [0.25, 0.3) is 0 Å². The maximum atomic E-state index is 12.4. The second-order valence-electron chi connectivity index (χ2n) is 4.76. The van der Waals surface area contributed by atoms with E-state index in [1.54, 1.807) is 37.4 Å². The van der Waals surface area contributed by atoms with E-state index in [4.69, 9.17) is 34.7 Å². The van der Waals surface area contributed by atoms with E-state index < -0.39 is 0 Å². The van der Waals surface area contributed by atoms with Crippen LogP contribution in [0, 0.1) is 0 Å². The lowest BCUT2D eigenvalue weighted by Crippen LogP contribution is -2.26. The highest BCUT2D eigenvalue weighted by Crippen LogP contribution is 2.26. The van der Waals surface area contributed by atoms with Gasteiger partial charge in [0.2, 0.25) is 0 Å². The Morgan fingerprint density at radius 1 is 1.14 bits per heavy atom. The summed E-state index contributed by atoms with van der Waals surface area (Å²) in [7, 11) is 1.68. The van der Waals surface area contributed by atoms with E-state index in [1.165, 1.54) is 4.90 Å². The van der Waals surface area contributed by atoms with E-state index in [-0.39, 0.29) is 5.91 Å². The number of carbonyl (C=O) groups excluding carboxylic acids is 1. The molecular formula is C15H15Cl2N3O. The second-order valence-corrected chi connectivity index (χ2v) is 5.55. The third-order valence-corrected chi connectivity index (χ3v) is 3.87. The first-order valence-corrected chi connectivity index (χ1v) is 6.98. The first-order valence-electron chi connectivity index (χ1n) is 6.23. The van der Waals surface area contributed by atoms with E-state index >= 15 is 0 Å². The lowest BCUT2D eigenvalue weighted by atomic mass is 10.1. The summed E-state index contributed by atoms with van der Waals surface area (Å²) in [6, 6.07) is 10.1. The summed E-state index contributed by atoms with van der Waals surface area (Å²) in [5.74, 6) is -0.190. The van der Waals surface area contributed by atoms with Gasteiger partial charge in [0.1, 0.15) is 0 Å². The summed E-state index contributed by atoms with van der Waals surface area (Å²) < 4.78 is 0. The van der Waals surface area contributed by atoms with E-state index in [0.717, 1.165) is 5.56 Å². The molecule has 0 radical (unpaired) electrons. The van der Waals surface area contributed by atoms with Gasteiger partial charge in [-0.15, -0.1) is 0 Å². The maximum absolute atomic E-state index is 12.4. The van der Waals surface area contributed by atoms with Crippen LogP contribution in [0.4, 0.5) is 11.4 Å². The van der Waals surface area contributed by atoms with Crippen molar-refractivity contribution in [1.29, 1.82) is 0 Å². The van der Waals surface area contributed by atoms with Crippen LogP contribution in [0.15, 0.2) is 36.4 Å². The van der Waals surface area contributed by atoms with Crippen LogP contribution in [-0.4, -0.2) is 17.9 Å². The Labute approximate surface area is 133 Å². The summed E-state index contributed by atoms with van der Waals surface area (Å²) >= 11 is 12.1. The van der Waals surface area contributed by atoms with Gasteiger partial charge in [-0.05, 0) is 29.8 Å². The molecule has 0 saturated carbocycles. The van der Waals surface area contributed by atoms with Gasteiger partial charge < -0.3 is 16.4 Å². The van der Waals surface area contributed by atoms with Crippen LogP contribution in [-0.2, 0) is 6.54 Å². The minimum atomic E-state index is -0.190. The first kappa shape index (κ1) is 15.5. The molecule has 110 valence electrons. The van der Waals surface area contributed by atoms with Gasteiger partial charge in [0.05, 0.1) is 10.0 Å². The molecule has 0 aliphatic heterocycles. The molecule has 21 heavy (non-hydrogen) atoms. The normalized spacial score (nSPS) is 10.4. The number of hydrogen-bond acceptors (Lipinski definition) is 3. The molecule has 0 spiro atoms. The number of hydrogen-bond donors (Lipinski definition) is 2. The van der Waals surface area contributed by atoms with Gasteiger partial charge in [-0.2, -0.15) is 0 Å². The Morgan fingerprint density at radius 2 is 1.76 bits per heavy atom. The van der Waals surface area contributed by atoms with Crippen molar-refractivity contribution in [3.8, 4) is 0 Å².